The number of amidine groups is 1. The number of nitrogens with zero attached hydrogens (tertiary/aromatic N) is 2. The fourth-order valence-corrected chi connectivity index (χ4v) is 3.91. The molecule has 1 heterocycles. The molecule has 0 spiro atoms. The van der Waals surface area contributed by atoms with Crippen molar-refractivity contribution in [3.8, 4) is 5.75 Å². The summed E-state index contributed by atoms with van der Waals surface area (Å²) in [5, 5.41) is 8.20. The van der Waals surface area contributed by atoms with Crippen molar-refractivity contribution in [3.63, 3.8) is 0 Å². The van der Waals surface area contributed by atoms with Gasteiger partial charge in [-0.05, 0) is 23.8 Å². The summed E-state index contributed by atoms with van der Waals surface area (Å²) in [5.74, 6) is -0.495. The van der Waals surface area contributed by atoms with Crippen molar-refractivity contribution in [2.24, 2.45) is 5.10 Å². The summed E-state index contributed by atoms with van der Waals surface area (Å²) in [4.78, 5) is 23.2. The molecule has 0 aliphatic carbocycles. The van der Waals surface area contributed by atoms with Crippen LogP contribution < -0.4 is 10.1 Å². The van der Waals surface area contributed by atoms with Gasteiger partial charge in [-0.2, -0.15) is 0 Å². The minimum Gasteiger partial charge on any atom is -0.487 e. The van der Waals surface area contributed by atoms with E-state index in [-0.39, 0.29) is 24.2 Å². The molecule has 1 atom stereocenters. The van der Waals surface area contributed by atoms with Crippen LogP contribution in [-0.2, 0) is 16.2 Å². The lowest BCUT2D eigenvalue weighted by Gasteiger charge is -2.20. The van der Waals surface area contributed by atoms with E-state index >= 15 is 0 Å². The first kappa shape index (κ1) is 20.2. The smallest absolute Gasteiger partial charge is 0.241 e. The van der Waals surface area contributed by atoms with Gasteiger partial charge in [0.25, 0.3) is 0 Å². The largest absolute Gasteiger partial charge is 0.487 e. The van der Waals surface area contributed by atoms with E-state index < -0.39 is 5.37 Å². The number of thioether (sulfide) groups is 1. The number of hydrazone groups is 1. The highest BCUT2D eigenvalue weighted by Gasteiger charge is 2.32. The van der Waals surface area contributed by atoms with Crippen LogP contribution in [0, 0.1) is 5.82 Å². The van der Waals surface area contributed by atoms with Crippen molar-refractivity contribution < 1.29 is 18.7 Å². The number of hydrogen-bond acceptors (Lipinski definition) is 5. The highest BCUT2D eigenvalue weighted by Crippen LogP contribution is 2.41. The Labute approximate surface area is 170 Å². The summed E-state index contributed by atoms with van der Waals surface area (Å²) in [5.41, 5.74) is 1.14. The fraction of sp³-hybridized carbons (Fsp3) is 0.211. The van der Waals surface area contributed by atoms with Gasteiger partial charge in [0.1, 0.15) is 23.5 Å². The van der Waals surface area contributed by atoms with Crippen LogP contribution in [0.1, 0.15) is 30.3 Å². The molecule has 146 valence electrons. The molecule has 9 heteroatoms. The van der Waals surface area contributed by atoms with Gasteiger partial charge in [0.15, 0.2) is 5.17 Å². The van der Waals surface area contributed by atoms with Gasteiger partial charge in [0, 0.05) is 19.4 Å². The Kier molecular flexibility index (Phi) is 6.21. The number of ether oxygens (including phenoxy) is 1. The third-order valence-corrected chi connectivity index (χ3v) is 5.23. The normalized spacial score (nSPS) is 15.9. The molecule has 0 saturated heterocycles. The van der Waals surface area contributed by atoms with Crippen LogP contribution >= 0.6 is 23.4 Å². The van der Waals surface area contributed by atoms with Crippen LogP contribution in [0.15, 0.2) is 47.6 Å². The van der Waals surface area contributed by atoms with Crippen LogP contribution in [-0.4, -0.2) is 22.0 Å². The summed E-state index contributed by atoms with van der Waals surface area (Å²) >= 11 is 7.55. The van der Waals surface area contributed by atoms with Crippen LogP contribution in [0.3, 0.4) is 0 Å². The Balaban J connectivity index is 1.75. The van der Waals surface area contributed by atoms with Gasteiger partial charge in [-0.15, -0.1) is 5.10 Å². The van der Waals surface area contributed by atoms with E-state index in [0.29, 0.717) is 27.1 Å². The zero-order valence-electron chi connectivity index (χ0n) is 15.1. The highest BCUT2D eigenvalue weighted by molar-refractivity contribution is 8.14. The predicted octanol–water partition coefficient (Wildman–Crippen LogP) is 4.06. The summed E-state index contributed by atoms with van der Waals surface area (Å²) in [6.45, 7) is 2.80. The second-order valence-corrected chi connectivity index (χ2v) is 7.47. The molecule has 0 aromatic heterocycles. The zero-order valence-corrected chi connectivity index (χ0v) is 16.7. The molecule has 2 aromatic carbocycles. The van der Waals surface area contributed by atoms with Gasteiger partial charge in [-0.1, -0.05) is 47.6 Å². The van der Waals surface area contributed by atoms with Crippen LogP contribution in [0.4, 0.5) is 4.39 Å². The molecule has 1 aliphatic rings. The second kappa shape index (κ2) is 8.62. The first-order valence-electron chi connectivity index (χ1n) is 8.33. The third kappa shape index (κ3) is 4.63. The molecule has 1 N–H and O–H groups in total. The predicted molar refractivity (Wildman–Crippen MR) is 106 cm³/mol. The lowest BCUT2D eigenvalue weighted by Crippen LogP contribution is -2.25. The topological polar surface area (TPSA) is 71.0 Å². The molecule has 2 aromatic rings. The molecular weight excluding hydrogens is 405 g/mol. The minimum atomic E-state index is -0.461. The molecule has 6 nitrogen and oxygen atoms in total. The zero-order chi connectivity index (χ0) is 20.3. The van der Waals surface area contributed by atoms with Gasteiger partial charge in [-0.25, -0.2) is 9.40 Å². The highest BCUT2D eigenvalue weighted by atomic mass is 35.5. The maximum absolute atomic E-state index is 13.7. The quantitative estimate of drug-likeness (QED) is 0.808. The Hall–Kier alpha value is -2.58. The number of carbonyl (C=O) groups excluding carboxylic acids is 2. The molecule has 1 aliphatic heterocycles. The van der Waals surface area contributed by atoms with Gasteiger partial charge < -0.3 is 10.1 Å². The van der Waals surface area contributed by atoms with Crippen molar-refractivity contribution in [3.05, 3.63) is 64.4 Å². The summed E-state index contributed by atoms with van der Waals surface area (Å²) in [6.07, 6.45) is 0. The monoisotopic (exact) mass is 421 g/mol. The Morgan fingerprint density at radius 1 is 1.29 bits per heavy atom. The van der Waals surface area contributed by atoms with Crippen molar-refractivity contribution in [1.29, 1.82) is 0 Å². The lowest BCUT2D eigenvalue weighted by atomic mass is 10.2. The van der Waals surface area contributed by atoms with E-state index in [9.17, 15) is 14.0 Å². The molecule has 0 bridgehead atoms. The standard InChI is InChI=1S/C19H17ClFN3O3S/c1-11(25)22-19-23-24(12(2)26)18(28-19)13-7-8-17(15(20)9-13)27-10-14-5-3-4-6-16(14)21/h3-9,18H,10H2,1-2H3,(H,22,23,25)/t18-/m0/s1. The molecule has 0 radical (unpaired) electrons. The maximum atomic E-state index is 13.7. The molecule has 0 fully saturated rings. The second-order valence-electron chi connectivity index (χ2n) is 5.99. The summed E-state index contributed by atoms with van der Waals surface area (Å²) < 4.78 is 19.3. The average Bonchev–Trinajstić information content (AvgIpc) is 3.05. The first-order valence-corrected chi connectivity index (χ1v) is 9.59. The van der Waals surface area contributed by atoms with E-state index in [4.69, 9.17) is 16.3 Å². The van der Waals surface area contributed by atoms with E-state index in [1.54, 1.807) is 36.4 Å². The number of amides is 2. The first-order chi connectivity index (χ1) is 13.3. The van der Waals surface area contributed by atoms with Gasteiger partial charge in [0.05, 0.1) is 5.02 Å². The summed E-state index contributed by atoms with van der Waals surface area (Å²) in [7, 11) is 0. The number of hydrogen-bond donors (Lipinski definition) is 1. The van der Waals surface area contributed by atoms with Gasteiger partial charge >= 0.3 is 0 Å². The van der Waals surface area contributed by atoms with Crippen molar-refractivity contribution in [2.75, 3.05) is 0 Å². The molecule has 28 heavy (non-hydrogen) atoms. The Morgan fingerprint density at radius 3 is 2.68 bits per heavy atom. The minimum absolute atomic E-state index is 0.0410. The number of rotatable bonds is 4. The van der Waals surface area contributed by atoms with E-state index in [1.807, 2.05) is 0 Å². The molecule has 0 unspecified atom stereocenters. The molecule has 2 amide bonds. The Bertz CT molecular complexity index is 954. The van der Waals surface area contributed by atoms with E-state index in [1.165, 1.54) is 36.7 Å². The van der Waals surface area contributed by atoms with Gasteiger partial charge in [-0.3, -0.25) is 9.59 Å². The van der Waals surface area contributed by atoms with Crippen LogP contribution in [0.25, 0.3) is 0 Å². The summed E-state index contributed by atoms with van der Waals surface area (Å²) in [6, 6.07) is 11.4. The third-order valence-electron chi connectivity index (χ3n) is 3.83. The molecule has 0 saturated carbocycles. The van der Waals surface area contributed by atoms with Crippen LogP contribution in [0.5, 0.6) is 5.75 Å². The van der Waals surface area contributed by atoms with Gasteiger partial charge in [0.2, 0.25) is 11.8 Å². The number of halogens is 2. The average molecular weight is 422 g/mol. The van der Waals surface area contributed by atoms with E-state index in [0.717, 1.165) is 0 Å². The Morgan fingerprint density at radius 2 is 2.04 bits per heavy atom. The van der Waals surface area contributed by atoms with Crippen LogP contribution in [0.2, 0.25) is 5.02 Å². The van der Waals surface area contributed by atoms with E-state index in [2.05, 4.69) is 10.4 Å². The van der Waals surface area contributed by atoms with Crippen molar-refractivity contribution in [1.82, 2.24) is 10.3 Å². The lowest BCUT2D eigenvalue weighted by molar-refractivity contribution is -0.129. The molecule has 3 rings (SSSR count). The fourth-order valence-electron chi connectivity index (χ4n) is 2.54. The van der Waals surface area contributed by atoms with Crippen molar-refractivity contribution >= 4 is 40.3 Å². The molecular formula is C19H17ClFN3O3S. The number of nitrogens with one attached hydrogen (secondary N) is 1. The maximum Gasteiger partial charge on any atom is 0.241 e. The SMILES string of the molecule is CC(=O)NC1=NN(C(C)=O)[C@H](c2ccc(OCc3ccccc3F)c(Cl)c2)S1. The van der Waals surface area contributed by atoms with Crippen molar-refractivity contribution in [2.45, 2.75) is 25.8 Å². The number of benzene rings is 2. The number of carbonyl (C=O) groups is 2.